The smallest absolute Gasteiger partial charge is 0.254 e. The van der Waals surface area contributed by atoms with Crippen LogP contribution in [0.5, 0.6) is 0 Å². The highest BCUT2D eigenvalue weighted by molar-refractivity contribution is 6.42. The summed E-state index contributed by atoms with van der Waals surface area (Å²) in [5.74, 6) is 0.411. The van der Waals surface area contributed by atoms with Gasteiger partial charge in [0.15, 0.2) is 0 Å². The van der Waals surface area contributed by atoms with E-state index in [1.807, 2.05) is 9.80 Å². The van der Waals surface area contributed by atoms with Crippen LogP contribution in [0.25, 0.3) is 0 Å². The Morgan fingerprint density at radius 1 is 1.09 bits per heavy atom. The molecule has 2 amide bonds. The van der Waals surface area contributed by atoms with E-state index in [-0.39, 0.29) is 17.9 Å². The summed E-state index contributed by atoms with van der Waals surface area (Å²) >= 11 is 11.9. The van der Waals surface area contributed by atoms with Crippen LogP contribution in [0, 0.1) is 5.92 Å². The van der Waals surface area contributed by atoms with Crippen LogP contribution in [-0.4, -0.2) is 47.3 Å². The quantitative estimate of drug-likeness (QED) is 0.788. The lowest BCUT2D eigenvalue weighted by molar-refractivity contribution is -0.129. The molecule has 22 heavy (non-hydrogen) atoms. The first-order valence-corrected chi connectivity index (χ1v) is 8.23. The summed E-state index contributed by atoms with van der Waals surface area (Å²) in [6, 6.07) is 5.06. The number of piperidine rings is 1. The first-order valence-electron chi connectivity index (χ1n) is 7.47. The summed E-state index contributed by atoms with van der Waals surface area (Å²) in [6.45, 7) is 3.67. The number of benzene rings is 1. The topological polar surface area (TPSA) is 40.6 Å². The van der Waals surface area contributed by atoms with Crippen LogP contribution < -0.4 is 0 Å². The average Bonchev–Trinajstić information content (AvgIpc) is 2.81. The van der Waals surface area contributed by atoms with Crippen LogP contribution in [0.3, 0.4) is 0 Å². The van der Waals surface area contributed by atoms with Gasteiger partial charge in [0.2, 0.25) is 5.91 Å². The fourth-order valence-corrected chi connectivity index (χ4v) is 3.68. The molecule has 0 aromatic heterocycles. The second-order valence-corrected chi connectivity index (χ2v) is 6.92. The van der Waals surface area contributed by atoms with Crippen molar-refractivity contribution in [1.82, 2.24) is 9.80 Å². The van der Waals surface area contributed by atoms with Gasteiger partial charge < -0.3 is 9.80 Å². The predicted molar refractivity (Wildman–Crippen MR) is 86.3 cm³/mol. The van der Waals surface area contributed by atoms with Crippen molar-refractivity contribution >= 4 is 35.0 Å². The molecule has 1 aromatic carbocycles. The summed E-state index contributed by atoms with van der Waals surface area (Å²) < 4.78 is 0. The van der Waals surface area contributed by atoms with Crippen LogP contribution in [0.2, 0.25) is 10.0 Å². The Balaban J connectivity index is 1.84. The van der Waals surface area contributed by atoms with Gasteiger partial charge in [-0.2, -0.15) is 0 Å². The Hall–Kier alpha value is -1.26. The first-order chi connectivity index (χ1) is 10.5. The minimum atomic E-state index is -0.0290. The number of amides is 2. The second kappa shape index (κ2) is 6.09. The molecule has 3 aliphatic rings. The van der Waals surface area contributed by atoms with Gasteiger partial charge in [-0.15, -0.1) is 0 Å². The highest BCUT2D eigenvalue weighted by atomic mass is 35.5. The zero-order valence-corrected chi connectivity index (χ0v) is 13.9. The van der Waals surface area contributed by atoms with Gasteiger partial charge in [-0.3, -0.25) is 9.59 Å². The van der Waals surface area contributed by atoms with Crippen molar-refractivity contribution in [3.05, 3.63) is 33.8 Å². The molecule has 0 radical (unpaired) electrons. The number of nitrogens with zero attached hydrogens (tertiary/aromatic N) is 2. The number of halogens is 2. The lowest BCUT2D eigenvalue weighted by Crippen LogP contribution is -2.47. The fourth-order valence-electron chi connectivity index (χ4n) is 3.38. The van der Waals surface area contributed by atoms with Gasteiger partial charge in [0, 0.05) is 38.2 Å². The van der Waals surface area contributed by atoms with E-state index >= 15 is 0 Å². The Kier molecular flexibility index (Phi) is 4.33. The molecule has 0 saturated carbocycles. The van der Waals surface area contributed by atoms with Crippen molar-refractivity contribution in [3.63, 3.8) is 0 Å². The molecule has 0 unspecified atom stereocenters. The minimum Gasteiger partial charge on any atom is -0.341 e. The molecule has 6 heteroatoms. The van der Waals surface area contributed by atoms with E-state index in [0.29, 0.717) is 34.6 Å². The molecular weight excluding hydrogens is 323 g/mol. The van der Waals surface area contributed by atoms with E-state index in [4.69, 9.17) is 23.2 Å². The molecule has 3 heterocycles. The maximum atomic E-state index is 12.8. The fraction of sp³-hybridized carbons (Fsp3) is 0.500. The maximum absolute atomic E-state index is 12.8. The molecule has 118 valence electrons. The first kappa shape index (κ1) is 15.6. The third kappa shape index (κ3) is 2.95. The van der Waals surface area contributed by atoms with Crippen LogP contribution in [0.15, 0.2) is 18.2 Å². The van der Waals surface area contributed by atoms with E-state index in [9.17, 15) is 9.59 Å². The number of carbonyl (C=O) groups is 2. The maximum Gasteiger partial charge on any atom is 0.254 e. The summed E-state index contributed by atoms with van der Waals surface area (Å²) in [6.07, 6.45) is 2.01. The standard InChI is InChI=1S/C16H18Cl2N2O2/c1-10(21)19-7-11-2-4-13(9-19)20(8-11)16(22)12-3-5-14(17)15(18)6-12/h3,5-6,11,13H,2,4,7-9H2,1H3/t11-,13+/m0/s1. The molecule has 2 atom stereocenters. The van der Waals surface area contributed by atoms with Crippen molar-refractivity contribution in [1.29, 1.82) is 0 Å². The van der Waals surface area contributed by atoms with E-state index in [1.54, 1.807) is 25.1 Å². The molecule has 4 rings (SSSR count). The molecule has 4 nitrogen and oxygen atoms in total. The van der Waals surface area contributed by atoms with E-state index in [2.05, 4.69) is 0 Å². The van der Waals surface area contributed by atoms with Crippen molar-refractivity contribution in [2.75, 3.05) is 19.6 Å². The number of hydrogen-bond donors (Lipinski definition) is 0. The minimum absolute atomic E-state index is 0.0290. The molecule has 3 fully saturated rings. The average molecular weight is 341 g/mol. The molecule has 0 N–H and O–H groups in total. The highest BCUT2D eigenvalue weighted by Gasteiger charge is 2.38. The van der Waals surface area contributed by atoms with Gasteiger partial charge in [-0.25, -0.2) is 0 Å². The van der Waals surface area contributed by atoms with Crippen molar-refractivity contribution < 1.29 is 9.59 Å². The van der Waals surface area contributed by atoms with E-state index < -0.39 is 0 Å². The van der Waals surface area contributed by atoms with Crippen LogP contribution in [0.1, 0.15) is 30.1 Å². The third-order valence-corrected chi connectivity index (χ3v) is 5.33. The Bertz CT molecular complexity index is 620. The van der Waals surface area contributed by atoms with E-state index in [1.165, 1.54) is 0 Å². The molecule has 0 aliphatic carbocycles. The third-order valence-electron chi connectivity index (χ3n) is 4.59. The van der Waals surface area contributed by atoms with Crippen molar-refractivity contribution in [2.45, 2.75) is 25.8 Å². The van der Waals surface area contributed by atoms with Crippen LogP contribution in [0.4, 0.5) is 0 Å². The molecule has 3 saturated heterocycles. The van der Waals surface area contributed by atoms with Crippen LogP contribution >= 0.6 is 23.2 Å². The number of hydrogen-bond acceptors (Lipinski definition) is 2. The number of rotatable bonds is 1. The van der Waals surface area contributed by atoms with Crippen LogP contribution in [-0.2, 0) is 4.79 Å². The van der Waals surface area contributed by atoms with E-state index in [0.717, 1.165) is 19.4 Å². The lowest BCUT2D eigenvalue weighted by Gasteiger charge is -2.36. The second-order valence-electron chi connectivity index (χ2n) is 6.11. The normalized spacial score (nSPS) is 24.3. The summed E-state index contributed by atoms with van der Waals surface area (Å²) in [5, 5.41) is 0.830. The highest BCUT2D eigenvalue weighted by Crippen LogP contribution is 2.30. The summed E-state index contributed by atoms with van der Waals surface area (Å²) in [4.78, 5) is 28.3. The van der Waals surface area contributed by atoms with Gasteiger partial charge in [-0.05, 0) is 37.0 Å². The number of carbonyl (C=O) groups excluding carboxylic acids is 2. The molecule has 1 aromatic rings. The number of fused-ring (bicyclic) bond motifs is 4. The van der Waals surface area contributed by atoms with Gasteiger partial charge in [-0.1, -0.05) is 23.2 Å². The Labute approximate surface area is 140 Å². The summed E-state index contributed by atoms with van der Waals surface area (Å²) in [7, 11) is 0. The van der Waals surface area contributed by atoms with Gasteiger partial charge >= 0.3 is 0 Å². The monoisotopic (exact) mass is 340 g/mol. The molecular formula is C16H18Cl2N2O2. The molecule has 2 bridgehead atoms. The van der Waals surface area contributed by atoms with Gasteiger partial charge in [0.05, 0.1) is 10.0 Å². The predicted octanol–water partition coefficient (Wildman–Crippen LogP) is 3.08. The van der Waals surface area contributed by atoms with Crippen molar-refractivity contribution in [3.8, 4) is 0 Å². The largest absolute Gasteiger partial charge is 0.341 e. The molecule has 3 aliphatic heterocycles. The zero-order chi connectivity index (χ0) is 15.9. The molecule has 0 spiro atoms. The lowest BCUT2D eigenvalue weighted by atomic mass is 9.94. The Morgan fingerprint density at radius 3 is 2.55 bits per heavy atom. The zero-order valence-electron chi connectivity index (χ0n) is 12.4. The van der Waals surface area contributed by atoms with Crippen molar-refractivity contribution in [2.24, 2.45) is 5.92 Å². The van der Waals surface area contributed by atoms with Gasteiger partial charge in [0.1, 0.15) is 0 Å². The SMILES string of the molecule is CC(=O)N1C[C@@H]2CC[C@H](C1)N(C(=O)c1ccc(Cl)c(Cl)c1)C2. The van der Waals surface area contributed by atoms with Gasteiger partial charge in [0.25, 0.3) is 5.91 Å². The Morgan fingerprint density at radius 2 is 1.86 bits per heavy atom. The summed E-state index contributed by atoms with van der Waals surface area (Å²) in [5.41, 5.74) is 0.552.